The number of allylic oxidation sites excluding steroid dienone is 2. The molecule has 0 saturated carbocycles. The summed E-state index contributed by atoms with van der Waals surface area (Å²) >= 11 is 0. The van der Waals surface area contributed by atoms with E-state index >= 15 is 0 Å². The average molecular weight is 921 g/mol. The number of methoxy groups -OCH3 is 1. The number of phenols is 3. The maximum absolute atomic E-state index is 14.6. The fraction of sp³-hybridized carbons (Fsp3) is 0.600. The molecule has 16 nitrogen and oxygen atoms in total. The minimum atomic E-state index is -2.05. The van der Waals surface area contributed by atoms with Gasteiger partial charge in [-0.2, -0.15) is 5.10 Å². The summed E-state index contributed by atoms with van der Waals surface area (Å²) in [6.45, 7) is 18.5. The molecule has 0 radical (unpaired) electrons. The summed E-state index contributed by atoms with van der Waals surface area (Å²) in [4.78, 5) is 43.2. The molecular weight excluding hydrogens is 849 g/mol. The predicted octanol–water partition coefficient (Wildman–Crippen LogP) is 7.07. The van der Waals surface area contributed by atoms with Gasteiger partial charge in [-0.3, -0.25) is 24.3 Å². The Morgan fingerprint density at radius 2 is 1.58 bits per heavy atom. The van der Waals surface area contributed by atoms with E-state index < -0.39 is 88.8 Å². The summed E-state index contributed by atoms with van der Waals surface area (Å²) in [5.41, 5.74) is -0.303. The SMILES string of the molecule is CCCCCCCCN1CCN(N=Cc2c3c(O)c4c(O)c(C)c5c(c4c2O)C(=O)C(C)(O/C=C/C(OC)C(C)C(OC(C)=O)C(C)C(O)C(C)C(O)C(C)/C=C/C=C(\C)C(=O)N3)O5)CC1. The van der Waals surface area contributed by atoms with Crippen molar-refractivity contribution in [2.45, 2.75) is 131 Å². The monoisotopic (exact) mass is 921 g/mol. The van der Waals surface area contributed by atoms with E-state index in [0.29, 0.717) is 13.1 Å². The summed E-state index contributed by atoms with van der Waals surface area (Å²) in [7, 11) is 1.44. The molecule has 9 unspecified atom stereocenters. The van der Waals surface area contributed by atoms with Crippen LogP contribution in [0.3, 0.4) is 0 Å². The van der Waals surface area contributed by atoms with Crippen LogP contribution in [0.5, 0.6) is 23.0 Å². The second-order valence-electron chi connectivity index (χ2n) is 18.4. The van der Waals surface area contributed by atoms with Crippen LogP contribution < -0.4 is 10.1 Å². The predicted molar refractivity (Wildman–Crippen MR) is 253 cm³/mol. The molecule has 4 heterocycles. The van der Waals surface area contributed by atoms with Crippen molar-refractivity contribution in [3.05, 3.63) is 52.8 Å². The van der Waals surface area contributed by atoms with Crippen LogP contribution in [-0.4, -0.2) is 129 Å². The maximum Gasteiger partial charge on any atom is 0.312 e. The van der Waals surface area contributed by atoms with Crippen molar-refractivity contribution < 1.29 is 58.9 Å². The van der Waals surface area contributed by atoms with Crippen LogP contribution in [0, 0.1) is 30.6 Å². The van der Waals surface area contributed by atoms with Crippen molar-refractivity contribution in [2.24, 2.45) is 28.8 Å². The van der Waals surface area contributed by atoms with Gasteiger partial charge in [0.05, 0.1) is 53.0 Å². The van der Waals surface area contributed by atoms with Crippen LogP contribution in [0.1, 0.15) is 115 Å². The first-order chi connectivity index (χ1) is 31.3. The molecule has 6 N–H and O–H groups in total. The smallest absolute Gasteiger partial charge is 0.312 e. The molecule has 2 aromatic rings. The van der Waals surface area contributed by atoms with Gasteiger partial charge in [-0.1, -0.05) is 85.0 Å². The van der Waals surface area contributed by atoms with Crippen molar-refractivity contribution in [1.29, 1.82) is 0 Å². The Bertz CT molecular complexity index is 2200. The number of amides is 1. The number of carbonyl (C=O) groups excluding carboxylic acids is 3. The van der Waals surface area contributed by atoms with E-state index in [4.69, 9.17) is 18.9 Å². The number of piperazine rings is 1. The lowest BCUT2D eigenvalue weighted by Crippen LogP contribution is -2.46. The first kappa shape index (κ1) is 51.8. The molecule has 1 amide bonds. The molecule has 0 aromatic heterocycles. The van der Waals surface area contributed by atoms with E-state index in [1.54, 1.807) is 46.8 Å². The first-order valence-corrected chi connectivity index (χ1v) is 23.4. The van der Waals surface area contributed by atoms with Gasteiger partial charge in [-0.25, -0.2) is 0 Å². The lowest BCUT2D eigenvalue weighted by Gasteiger charge is -2.38. The number of rotatable bonds is 11. The number of nitrogens with one attached hydrogen (secondary N) is 1. The number of ketones is 1. The minimum absolute atomic E-state index is 0.0619. The van der Waals surface area contributed by atoms with Gasteiger partial charge in [-0.15, -0.1) is 0 Å². The van der Waals surface area contributed by atoms with Gasteiger partial charge in [0.2, 0.25) is 0 Å². The van der Waals surface area contributed by atoms with Gasteiger partial charge in [0.1, 0.15) is 23.4 Å². The molecule has 0 spiro atoms. The van der Waals surface area contributed by atoms with Gasteiger partial charge in [0.15, 0.2) is 5.75 Å². The number of phenolic OH excluding ortho intramolecular Hbond substituents is 3. The molecule has 4 aliphatic rings. The Balaban J connectivity index is 1.60. The number of aliphatic hydroxyl groups is 2. The summed E-state index contributed by atoms with van der Waals surface area (Å²) in [5, 5.41) is 67.7. The highest BCUT2D eigenvalue weighted by Gasteiger charge is 2.50. The average Bonchev–Trinajstić information content (AvgIpc) is 3.55. The first-order valence-electron chi connectivity index (χ1n) is 23.4. The topological polar surface area (TPSA) is 220 Å². The third-order valence-electron chi connectivity index (χ3n) is 13.6. The number of ether oxygens (including phenoxy) is 4. The molecule has 4 aliphatic heterocycles. The number of fused-ring (bicyclic) bond motifs is 14. The Morgan fingerprint density at radius 1 is 0.909 bits per heavy atom. The number of aromatic hydroxyl groups is 3. The number of hydrazone groups is 1. The number of unbranched alkanes of at least 4 members (excludes halogenated alkanes) is 5. The van der Waals surface area contributed by atoms with Crippen LogP contribution in [0.2, 0.25) is 0 Å². The third-order valence-corrected chi connectivity index (χ3v) is 13.6. The number of aliphatic hydroxyl groups excluding tert-OH is 2. The molecule has 1 saturated heterocycles. The van der Waals surface area contributed by atoms with Crippen molar-refractivity contribution in [2.75, 3.05) is 45.2 Å². The van der Waals surface area contributed by atoms with Crippen LogP contribution in [0.4, 0.5) is 5.69 Å². The van der Waals surface area contributed by atoms with Crippen molar-refractivity contribution in [3.8, 4) is 23.0 Å². The van der Waals surface area contributed by atoms with E-state index in [2.05, 4.69) is 22.2 Å². The fourth-order valence-corrected chi connectivity index (χ4v) is 9.20. The summed E-state index contributed by atoms with van der Waals surface area (Å²) < 4.78 is 23.8. The zero-order valence-corrected chi connectivity index (χ0v) is 40.3. The quantitative estimate of drug-likeness (QED) is 0.0437. The lowest BCUT2D eigenvalue weighted by atomic mass is 9.78. The zero-order chi connectivity index (χ0) is 48.6. The Morgan fingerprint density at radius 3 is 2.23 bits per heavy atom. The Kier molecular flexibility index (Phi) is 17.7. The Hall–Kier alpha value is -5.16. The van der Waals surface area contributed by atoms with E-state index in [9.17, 15) is 39.9 Å². The van der Waals surface area contributed by atoms with E-state index in [0.717, 1.165) is 26.1 Å². The molecule has 66 heavy (non-hydrogen) atoms. The van der Waals surface area contributed by atoms with Crippen LogP contribution in [0.25, 0.3) is 10.8 Å². The number of nitrogens with zero attached hydrogens (tertiary/aromatic N) is 3. The number of hydrogen-bond donors (Lipinski definition) is 6. The normalized spacial score (nSPS) is 29.9. The van der Waals surface area contributed by atoms with Crippen LogP contribution >= 0.6 is 0 Å². The highest BCUT2D eigenvalue weighted by molar-refractivity contribution is 6.23. The van der Waals surface area contributed by atoms with Crippen molar-refractivity contribution in [1.82, 2.24) is 9.91 Å². The molecule has 6 rings (SSSR count). The van der Waals surface area contributed by atoms with Crippen molar-refractivity contribution >= 4 is 40.3 Å². The van der Waals surface area contributed by atoms with Crippen LogP contribution in [-0.2, 0) is 23.8 Å². The van der Waals surface area contributed by atoms with Gasteiger partial charge in [0.25, 0.3) is 11.7 Å². The lowest BCUT2D eigenvalue weighted by molar-refractivity contribution is -0.160. The Labute approximate surface area is 388 Å². The number of esters is 1. The molecule has 16 heteroatoms. The minimum Gasteiger partial charge on any atom is -0.507 e. The second-order valence-corrected chi connectivity index (χ2v) is 18.4. The fourth-order valence-electron chi connectivity index (χ4n) is 9.20. The van der Waals surface area contributed by atoms with E-state index in [1.807, 2.05) is 5.01 Å². The van der Waals surface area contributed by atoms with Gasteiger partial charge >= 0.3 is 11.8 Å². The molecular formula is C50H72N4O12. The number of benzene rings is 2. The van der Waals surface area contributed by atoms with Gasteiger partial charge in [0, 0.05) is 87.3 Å². The van der Waals surface area contributed by atoms with Gasteiger partial charge < -0.3 is 49.8 Å². The largest absolute Gasteiger partial charge is 0.507 e. The molecule has 9 atom stereocenters. The highest BCUT2D eigenvalue weighted by Crippen LogP contribution is 2.55. The zero-order valence-electron chi connectivity index (χ0n) is 40.3. The number of carbonyl (C=O) groups is 3. The summed E-state index contributed by atoms with van der Waals surface area (Å²) in [6.07, 6.45) is 12.2. The standard InChI is InChI=1S/C50H72N4O12/c1-11-12-13-14-15-16-21-53-22-24-54(25-23-53)51-27-35-40-45(60)38-37(44(35)59)39-47(33(7)43(38)58)66-50(9,48(39)61)64-26-20-36(63-10)30(4)46(65-34(8)55)32(6)42(57)31(5)41(56)28(2)18-17-19-29(3)49(62)52-40/h17-20,26-28,30-32,36,41-42,46,56-60H,11-16,21-25H2,1-10H3,(H,52,62)/b18-17+,26-20+,29-19+,51-27?. The van der Waals surface area contributed by atoms with Crippen molar-refractivity contribution in [3.63, 3.8) is 0 Å². The number of hydrogen-bond acceptors (Lipinski definition) is 15. The van der Waals surface area contributed by atoms with Crippen LogP contribution in [0.15, 0.2) is 41.2 Å². The summed E-state index contributed by atoms with van der Waals surface area (Å²) in [5.74, 6) is -8.30. The molecule has 364 valence electrons. The molecule has 1 fully saturated rings. The highest BCUT2D eigenvalue weighted by atomic mass is 16.7. The second kappa shape index (κ2) is 22.6. The summed E-state index contributed by atoms with van der Waals surface area (Å²) in [6, 6.07) is 0. The third kappa shape index (κ3) is 11.3. The maximum atomic E-state index is 14.6. The van der Waals surface area contributed by atoms with E-state index in [1.165, 1.54) is 84.6 Å². The molecule has 5 bridgehead atoms. The van der Waals surface area contributed by atoms with E-state index in [-0.39, 0.29) is 44.5 Å². The number of Topliss-reactive ketones (excluding diaryl/α,β-unsaturated/α-hetero) is 1. The molecule has 2 aromatic carbocycles. The molecule has 0 aliphatic carbocycles. The number of anilines is 1. The van der Waals surface area contributed by atoms with Gasteiger partial charge in [-0.05, 0) is 32.9 Å².